The van der Waals surface area contributed by atoms with Crippen molar-refractivity contribution >= 4 is 11.9 Å². The van der Waals surface area contributed by atoms with Crippen LogP contribution in [0.15, 0.2) is 0 Å². The molecule has 0 amide bonds. The normalized spacial score (nSPS) is 23.2. The van der Waals surface area contributed by atoms with Crippen LogP contribution in [0.5, 0.6) is 0 Å². The van der Waals surface area contributed by atoms with Gasteiger partial charge in [0.15, 0.2) is 0 Å². The lowest BCUT2D eigenvalue weighted by Crippen LogP contribution is -2.25. The number of hydrogen-bond donors (Lipinski definition) is 0. The second kappa shape index (κ2) is 11.4. The van der Waals surface area contributed by atoms with Crippen molar-refractivity contribution in [1.82, 2.24) is 9.80 Å². The first kappa shape index (κ1) is 21.9. The zero-order valence-corrected chi connectivity index (χ0v) is 16.3. The summed E-state index contributed by atoms with van der Waals surface area (Å²) in [6, 6.07) is 0. The zero-order chi connectivity index (χ0) is 18.8. The van der Waals surface area contributed by atoms with Gasteiger partial charge in [0.2, 0.25) is 6.29 Å². The predicted octanol–water partition coefficient (Wildman–Crippen LogP) is 1.51. The average molecular weight is 358 g/mol. The van der Waals surface area contributed by atoms with Crippen LogP contribution in [0, 0.1) is 5.92 Å². The van der Waals surface area contributed by atoms with Gasteiger partial charge in [0.1, 0.15) is 6.61 Å². The monoisotopic (exact) mass is 358 g/mol. The van der Waals surface area contributed by atoms with Crippen LogP contribution in [0.1, 0.15) is 39.0 Å². The van der Waals surface area contributed by atoms with Gasteiger partial charge in [-0.05, 0) is 60.5 Å². The first-order valence-electron chi connectivity index (χ1n) is 9.08. The van der Waals surface area contributed by atoms with E-state index in [1.165, 1.54) is 0 Å². The fourth-order valence-corrected chi connectivity index (χ4v) is 2.68. The highest BCUT2D eigenvalue weighted by atomic mass is 16.7. The minimum atomic E-state index is -0.538. The number of ether oxygens (including phenoxy) is 3. The Kier molecular flexibility index (Phi) is 10.0. The topological polar surface area (TPSA) is 68.3 Å². The molecule has 0 radical (unpaired) electrons. The molecule has 0 spiro atoms. The van der Waals surface area contributed by atoms with Gasteiger partial charge in [-0.3, -0.25) is 9.59 Å². The minimum Gasteiger partial charge on any atom is -0.463 e. The summed E-state index contributed by atoms with van der Waals surface area (Å²) in [6.45, 7) is 3.91. The van der Waals surface area contributed by atoms with Gasteiger partial charge in [-0.1, -0.05) is 6.92 Å². The van der Waals surface area contributed by atoms with Gasteiger partial charge in [-0.15, -0.1) is 0 Å². The summed E-state index contributed by atoms with van der Waals surface area (Å²) in [5, 5.41) is 0. The van der Waals surface area contributed by atoms with Crippen LogP contribution in [0.3, 0.4) is 0 Å². The first-order valence-corrected chi connectivity index (χ1v) is 9.08. The van der Waals surface area contributed by atoms with E-state index in [-0.39, 0.29) is 30.6 Å². The zero-order valence-electron chi connectivity index (χ0n) is 16.3. The SMILES string of the molecule is C[C@H]1CC(COC(=O)CCCN(C)C)OC1OC(=O)CCCN(C)C. The summed E-state index contributed by atoms with van der Waals surface area (Å²) in [6.07, 6.45) is 2.32. The van der Waals surface area contributed by atoms with Crippen LogP contribution < -0.4 is 0 Å². The molecule has 25 heavy (non-hydrogen) atoms. The van der Waals surface area contributed by atoms with Crippen molar-refractivity contribution in [3.05, 3.63) is 0 Å². The van der Waals surface area contributed by atoms with Crippen LogP contribution in [-0.4, -0.2) is 82.0 Å². The lowest BCUT2D eigenvalue weighted by atomic mass is 10.1. The van der Waals surface area contributed by atoms with Crippen molar-refractivity contribution in [3.63, 3.8) is 0 Å². The van der Waals surface area contributed by atoms with Gasteiger partial charge in [-0.2, -0.15) is 0 Å². The lowest BCUT2D eigenvalue weighted by Gasteiger charge is -2.17. The number of carbonyl (C=O) groups excluding carboxylic acids is 2. The van der Waals surface area contributed by atoms with Crippen molar-refractivity contribution < 1.29 is 23.8 Å². The molecule has 1 heterocycles. The number of esters is 2. The summed E-state index contributed by atoms with van der Waals surface area (Å²) in [5.74, 6) is -0.336. The molecule has 1 aliphatic rings. The van der Waals surface area contributed by atoms with E-state index < -0.39 is 6.29 Å². The summed E-state index contributed by atoms with van der Waals surface area (Å²) >= 11 is 0. The van der Waals surface area contributed by atoms with E-state index in [0.717, 1.165) is 32.4 Å². The standard InChI is InChI=1S/C18H34N2O5/c1-14-12-15(13-23-16(21)8-6-10-19(2)3)24-18(14)25-17(22)9-7-11-20(4)5/h14-15,18H,6-13H2,1-5H3/t14-,15?,18?/m0/s1. The molecule has 146 valence electrons. The molecule has 2 unspecified atom stereocenters. The highest BCUT2D eigenvalue weighted by Gasteiger charge is 2.35. The van der Waals surface area contributed by atoms with Gasteiger partial charge in [0.25, 0.3) is 0 Å². The second-order valence-corrected chi connectivity index (χ2v) is 7.33. The highest BCUT2D eigenvalue weighted by Crippen LogP contribution is 2.27. The molecule has 1 aliphatic heterocycles. The van der Waals surface area contributed by atoms with Crippen molar-refractivity contribution in [2.24, 2.45) is 5.92 Å². The molecule has 3 atom stereocenters. The molecule has 7 nitrogen and oxygen atoms in total. The maximum Gasteiger partial charge on any atom is 0.308 e. The Hall–Kier alpha value is -1.18. The molecule has 7 heteroatoms. The van der Waals surface area contributed by atoms with Crippen molar-refractivity contribution in [1.29, 1.82) is 0 Å². The van der Waals surface area contributed by atoms with E-state index in [1.54, 1.807) is 0 Å². The average Bonchev–Trinajstić information content (AvgIpc) is 2.84. The van der Waals surface area contributed by atoms with Gasteiger partial charge < -0.3 is 24.0 Å². The number of hydrogen-bond acceptors (Lipinski definition) is 7. The molecule has 1 fully saturated rings. The third-order valence-electron chi connectivity index (χ3n) is 4.08. The van der Waals surface area contributed by atoms with Crippen molar-refractivity contribution in [2.45, 2.75) is 51.4 Å². The number of rotatable bonds is 11. The molecular formula is C18H34N2O5. The fourth-order valence-electron chi connectivity index (χ4n) is 2.68. The summed E-state index contributed by atoms with van der Waals surface area (Å²) < 4.78 is 16.4. The Labute approximate surface area is 151 Å². The van der Waals surface area contributed by atoms with Gasteiger partial charge >= 0.3 is 11.9 Å². The lowest BCUT2D eigenvalue weighted by molar-refractivity contribution is -0.185. The van der Waals surface area contributed by atoms with Crippen LogP contribution in [0.25, 0.3) is 0 Å². The Morgan fingerprint density at radius 1 is 1.00 bits per heavy atom. The Morgan fingerprint density at radius 2 is 1.56 bits per heavy atom. The maximum atomic E-state index is 11.9. The second-order valence-electron chi connectivity index (χ2n) is 7.33. The van der Waals surface area contributed by atoms with E-state index in [9.17, 15) is 9.59 Å². The third kappa shape index (κ3) is 9.77. The smallest absolute Gasteiger partial charge is 0.308 e. The highest BCUT2D eigenvalue weighted by molar-refractivity contribution is 5.69. The van der Waals surface area contributed by atoms with Crippen LogP contribution >= 0.6 is 0 Å². The molecule has 0 aromatic rings. The molecular weight excluding hydrogens is 324 g/mol. The molecule has 0 bridgehead atoms. The Balaban J connectivity index is 2.21. The molecule has 0 aromatic carbocycles. The van der Waals surface area contributed by atoms with E-state index in [1.807, 2.05) is 44.9 Å². The molecule has 0 aromatic heterocycles. The molecule has 0 aliphatic carbocycles. The van der Waals surface area contributed by atoms with E-state index in [4.69, 9.17) is 14.2 Å². The minimum absolute atomic E-state index is 0.107. The molecule has 0 saturated carbocycles. The summed E-state index contributed by atoms with van der Waals surface area (Å²) in [7, 11) is 7.89. The van der Waals surface area contributed by atoms with Gasteiger partial charge in [0, 0.05) is 18.8 Å². The first-order chi connectivity index (χ1) is 11.8. The van der Waals surface area contributed by atoms with E-state index in [2.05, 4.69) is 0 Å². The fraction of sp³-hybridized carbons (Fsp3) is 0.889. The molecule has 0 N–H and O–H groups in total. The molecule has 1 saturated heterocycles. The Morgan fingerprint density at radius 3 is 2.12 bits per heavy atom. The predicted molar refractivity (Wildman–Crippen MR) is 95.1 cm³/mol. The van der Waals surface area contributed by atoms with Gasteiger partial charge in [-0.25, -0.2) is 0 Å². The summed E-state index contributed by atoms with van der Waals surface area (Å²) in [4.78, 5) is 27.6. The van der Waals surface area contributed by atoms with Crippen molar-refractivity contribution in [2.75, 3.05) is 47.9 Å². The molecule has 1 rings (SSSR count). The number of nitrogens with zero attached hydrogens (tertiary/aromatic N) is 2. The third-order valence-corrected chi connectivity index (χ3v) is 4.08. The maximum absolute atomic E-state index is 11.9. The van der Waals surface area contributed by atoms with Crippen LogP contribution in [0.4, 0.5) is 0 Å². The van der Waals surface area contributed by atoms with Crippen LogP contribution in [0.2, 0.25) is 0 Å². The largest absolute Gasteiger partial charge is 0.463 e. The quantitative estimate of drug-likeness (QED) is 0.519. The van der Waals surface area contributed by atoms with E-state index in [0.29, 0.717) is 12.8 Å². The van der Waals surface area contributed by atoms with Crippen molar-refractivity contribution in [3.8, 4) is 0 Å². The van der Waals surface area contributed by atoms with E-state index >= 15 is 0 Å². The van der Waals surface area contributed by atoms with Crippen LogP contribution in [-0.2, 0) is 23.8 Å². The summed E-state index contributed by atoms with van der Waals surface area (Å²) in [5.41, 5.74) is 0. The van der Waals surface area contributed by atoms with Gasteiger partial charge in [0.05, 0.1) is 6.10 Å². The number of carbonyl (C=O) groups is 2. The Bertz CT molecular complexity index is 414.